The number of amidine groups is 1. The van der Waals surface area contributed by atoms with Crippen LogP contribution < -0.4 is 0 Å². The fourth-order valence-corrected chi connectivity index (χ4v) is 3.51. The molecule has 2 nitrogen and oxygen atoms in total. The Morgan fingerprint density at radius 2 is 1.80 bits per heavy atom. The average molecular weight is 226 g/mol. The van der Waals surface area contributed by atoms with Crippen molar-refractivity contribution in [2.75, 3.05) is 24.6 Å². The molecule has 0 aromatic rings. The van der Waals surface area contributed by atoms with Crippen LogP contribution in [0.5, 0.6) is 0 Å². The molecule has 0 radical (unpaired) electrons. The molecule has 15 heavy (non-hydrogen) atoms. The molecule has 1 N–H and O–H groups in total. The van der Waals surface area contributed by atoms with E-state index < -0.39 is 0 Å². The van der Waals surface area contributed by atoms with Gasteiger partial charge in [-0.1, -0.05) is 19.3 Å². The van der Waals surface area contributed by atoms with Crippen molar-refractivity contribution in [1.29, 1.82) is 5.41 Å². The molecule has 86 valence electrons. The standard InChI is InChI=1S/C12H22N2S/c13-12(11-5-2-1-3-6-11)14-7-4-9-15-10-8-14/h11,13H,1-10H2. The predicted molar refractivity (Wildman–Crippen MR) is 67.8 cm³/mol. The zero-order valence-corrected chi connectivity index (χ0v) is 10.3. The van der Waals surface area contributed by atoms with Gasteiger partial charge in [-0.25, -0.2) is 0 Å². The van der Waals surface area contributed by atoms with Crippen LogP contribution in [0.15, 0.2) is 0 Å². The van der Waals surface area contributed by atoms with Crippen LogP contribution in [0.25, 0.3) is 0 Å². The number of thioether (sulfide) groups is 1. The highest BCUT2D eigenvalue weighted by Crippen LogP contribution is 2.26. The minimum atomic E-state index is 0.585. The molecular weight excluding hydrogens is 204 g/mol. The summed E-state index contributed by atoms with van der Waals surface area (Å²) in [4.78, 5) is 2.34. The zero-order chi connectivity index (χ0) is 10.5. The smallest absolute Gasteiger partial charge is 0.0989 e. The van der Waals surface area contributed by atoms with E-state index in [0.29, 0.717) is 5.92 Å². The molecule has 0 bridgehead atoms. The molecule has 0 spiro atoms. The Morgan fingerprint density at radius 3 is 2.60 bits per heavy atom. The lowest BCUT2D eigenvalue weighted by Gasteiger charge is -2.31. The highest BCUT2D eigenvalue weighted by Gasteiger charge is 2.22. The van der Waals surface area contributed by atoms with E-state index >= 15 is 0 Å². The van der Waals surface area contributed by atoms with Crippen molar-refractivity contribution in [3.05, 3.63) is 0 Å². The van der Waals surface area contributed by atoms with Crippen LogP contribution in [0.2, 0.25) is 0 Å². The minimum absolute atomic E-state index is 0.585. The molecule has 0 aromatic heterocycles. The molecule has 3 heteroatoms. The van der Waals surface area contributed by atoms with Crippen molar-refractivity contribution in [3.8, 4) is 0 Å². The lowest BCUT2D eigenvalue weighted by atomic mass is 9.88. The Bertz CT molecular complexity index is 204. The fourth-order valence-electron chi connectivity index (χ4n) is 2.62. The Balaban J connectivity index is 1.87. The first-order valence-corrected chi connectivity index (χ1v) is 7.44. The van der Waals surface area contributed by atoms with Gasteiger partial charge in [0.2, 0.25) is 0 Å². The third kappa shape index (κ3) is 3.13. The first-order chi connectivity index (χ1) is 7.38. The highest BCUT2D eigenvalue weighted by molar-refractivity contribution is 7.99. The SMILES string of the molecule is N=C(C1CCCCC1)N1CCCSCC1. The van der Waals surface area contributed by atoms with E-state index in [0.717, 1.165) is 18.9 Å². The molecule has 0 aromatic carbocycles. The Labute approximate surface area is 97.3 Å². The van der Waals surface area contributed by atoms with E-state index in [1.54, 1.807) is 0 Å². The number of nitrogens with zero attached hydrogens (tertiary/aromatic N) is 1. The molecule has 1 saturated heterocycles. The average Bonchev–Trinajstić information content (AvgIpc) is 2.58. The number of hydrogen-bond acceptors (Lipinski definition) is 2. The second kappa shape index (κ2) is 5.78. The van der Waals surface area contributed by atoms with Crippen LogP contribution in [0.1, 0.15) is 38.5 Å². The van der Waals surface area contributed by atoms with E-state index in [1.165, 1.54) is 50.0 Å². The van der Waals surface area contributed by atoms with E-state index in [1.807, 2.05) is 11.8 Å². The second-order valence-corrected chi connectivity index (χ2v) is 5.90. The van der Waals surface area contributed by atoms with Gasteiger partial charge >= 0.3 is 0 Å². The molecule has 2 aliphatic rings. The fraction of sp³-hybridized carbons (Fsp3) is 0.917. The minimum Gasteiger partial charge on any atom is -0.359 e. The van der Waals surface area contributed by atoms with Gasteiger partial charge in [0.25, 0.3) is 0 Å². The Kier molecular flexibility index (Phi) is 4.36. The Morgan fingerprint density at radius 1 is 1.00 bits per heavy atom. The van der Waals surface area contributed by atoms with Gasteiger partial charge in [0.15, 0.2) is 0 Å². The third-order valence-corrected chi connectivity index (χ3v) is 4.60. The number of nitrogens with one attached hydrogen (secondary N) is 1. The number of hydrogen-bond donors (Lipinski definition) is 1. The van der Waals surface area contributed by atoms with Gasteiger partial charge < -0.3 is 4.90 Å². The summed E-state index contributed by atoms with van der Waals surface area (Å²) >= 11 is 2.05. The summed E-state index contributed by atoms with van der Waals surface area (Å²) in [6, 6.07) is 0. The Hall–Kier alpha value is -0.180. The topological polar surface area (TPSA) is 27.1 Å². The summed E-state index contributed by atoms with van der Waals surface area (Å²) in [6.07, 6.45) is 7.87. The monoisotopic (exact) mass is 226 g/mol. The summed E-state index contributed by atoms with van der Waals surface area (Å²) < 4.78 is 0. The molecule has 2 rings (SSSR count). The van der Waals surface area contributed by atoms with Crippen molar-refractivity contribution in [2.24, 2.45) is 5.92 Å². The van der Waals surface area contributed by atoms with Crippen LogP contribution in [0, 0.1) is 11.3 Å². The zero-order valence-electron chi connectivity index (χ0n) is 9.50. The van der Waals surface area contributed by atoms with Crippen LogP contribution in [-0.4, -0.2) is 35.3 Å². The van der Waals surface area contributed by atoms with Gasteiger partial charge in [0.05, 0.1) is 5.84 Å². The maximum absolute atomic E-state index is 8.29. The van der Waals surface area contributed by atoms with Crippen LogP contribution in [0.3, 0.4) is 0 Å². The molecule has 0 amide bonds. The largest absolute Gasteiger partial charge is 0.359 e. The van der Waals surface area contributed by atoms with Gasteiger partial charge in [-0.05, 0) is 25.0 Å². The normalized spacial score (nSPS) is 24.9. The first kappa shape index (κ1) is 11.3. The molecule has 1 heterocycles. The summed E-state index contributed by atoms with van der Waals surface area (Å²) in [7, 11) is 0. The van der Waals surface area contributed by atoms with Gasteiger partial charge in [0.1, 0.15) is 0 Å². The van der Waals surface area contributed by atoms with Crippen LogP contribution in [0.4, 0.5) is 0 Å². The molecule has 1 aliphatic carbocycles. The van der Waals surface area contributed by atoms with E-state index in [9.17, 15) is 0 Å². The van der Waals surface area contributed by atoms with Crippen molar-refractivity contribution < 1.29 is 0 Å². The molecule has 0 unspecified atom stereocenters. The van der Waals surface area contributed by atoms with Crippen molar-refractivity contribution in [1.82, 2.24) is 4.90 Å². The van der Waals surface area contributed by atoms with E-state index in [2.05, 4.69) is 4.90 Å². The van der Waals surface area contributed by atoms with Crippen molar-refractivity contribution in [2.45, 2.75) is 38.5 Å². The summed E-state index contributed by atoms with van der Waals surface area (Å²) in [5.41, 5.74) is 0. The molecule has 0 atom stereocenters. The quantitative estimate of drug-likeness (QED) is 0.550. The summed E-state index contributed by atoms with van der Waals surface area (Å²) in [5.74, 6) is 4.04. The molecule has 1 aliphatic heterocycles. The third-order valence-electron chi connectivity index (χ3n) is 3.55. The second-order valence-electron chi connectivity index (χ2n) is 4.67. The van der Waals surface area contributed by atoms with Gasteiger partial charge in [-0.3, -0.25) is 5.41 Å². The summed E-state index contributed by atoms with van der Waals surface area (Å²) in [6.45, 7) is 2.24. The van der Waals surface area contributed by atoms with Gasteiger partial charge in [0, 0.05) is 24.8 Å². The maximum atomic E-state index is 8.29. The maximum Gasteiger partial charge on any atom is 0.0989 e. The van der Waals surface area contributed by atoms with Gasteiger partial charge in [-0.2, -0.15) is 11.8 Å². The number of rotatable bonds is 1. The lowest BCUT2D eigenvalue weighted by Crippen LogP contribution is -2.37. The van der Waals surface area contributed by atoms with Gasteiger partial charge in [-0.15, -0.1) is 0 Å². The first-order valence-electron chi connectivity index (χ1n) is 6.29. The van der Waals surface area contributed by atoms with Crippen molar-refractivity contribution in [3.63, 3.8) is 0 Å². The lowest BCUT2D eigenvalue weighted by molar-refractivity contribution is 0.366. The summed E-state index contributed by atoms with van der Waals surface area (Å²) in [5, 5.41) is 8.29. The molecular formula is C12H22N2S. The van der Waals surface area contributed by atoms with Crippen molar-refractivity contribution >= 4 is 17.6 Å². The van der Waals surface area contributed by atoms with E-state index in [-0.39, 0.29) is 0 Å². The molecule has 1 saturated carbocycles. The predicted octanol–water partition coefficient (Wildman–Crippen LogP) is 2.98. The highest BCUT2D eigenvalue weighted by atomic mass is 32.2. The van der Waals surface area contributed by atoms with Crippen LogP contribution >= 0.6 is 11.8 Å². The molecule has 2 fully saturated rings. The van der Waals surface area contributed by atoms with Crippen LogP contribution in [-0.2, 0) is 0 Å². The van der Waals surface area contributed by atoms with E-state index in [4.69, 9.17) is 5.41 Å².